The zero-order chi connectivity index (χ0) is 6.46. The van der Waals surface area contributed by atoms with Gasteiger partial charge >= 0.3 is 0 Å². The second-order valence-electron chi connectivity index (χ2n) is 4.81. The Balaban J connectivity index is 1.87. The molecule has 0 amide bonds. The normalized spacial score (nSPS) is 104. The molecule has 6 fully saturated rings. The molecule has 6 saturated carbocycles. The summed E-state index contributed by atoms with van der Waals surface area (Å²) >= 11 is 0. The van der Waals surface area contributed by atoms with Gasteiger partial charge in [-0.25, -0.2) is 8.78 Å². The van der Waals surface area contributed by atoms with Crippen LogP contribution in [0.1, 0.15) is 0 Å². The van der Waals surface area contributed by atoms with Crippen LogP contribution in [0.15, 0.2) is 0 Å². The average molecular weight is 140 g/mol. The minimum absolute atomic E-state index is 0.206. The molecule has 0 bridgehead atoms. The van der Waals surface area contributed by atoms with E-state index in [0.717, 1.165) is 0 Å². The monoisotopic (exact) mass is 140 g/mol. The van der Waals surface area contributed by atoms with Gasteiger partial charge in [0.15, 0.2) is 0 Å². The van der Waals surface area contributed by atoms with Crippen LogP contribution in [0.2, 0.25) is 0 Å². The molecule has 6 aliphatic carbocycles. The summed E-state index contributed by atoms with van der Waals surface area (Å²) in [6.45, 7) is 0. The molecule has 0 heterocycles. The van der Waals surface area contributed by atoms with E-state index in [1.54, 1.807) is 0 Å². The van der Waals surface area contributed by atoms with Gasteiger partial charge in [0.2, 0.25) is 0 Å². The Morgan fingerprint density at radius 2 is 0.800 bits per heavy atom. The largest absolute Gasteiger partial charge is 0.243 e. The third-order valence-electron chi connectivity index (χ3n) is 5.39. The molecule has 0 N–H and O–H groups in total. The van der Waals surface area contributed by atoms with Crippen molar-refractivity contribution in [2.45, 2.75) is 11.3 Å². The highest BCUT2D eigenvalue weighted by Gasteiger charge is 3.12. The van der Waals surface area contributed by atoms with Gasteiger partial charge in [-0.2, -0.15) is 0 Å². The molecule has 6 rings (SSSR count). The molecule has 0 nitrogen and oxygen atoms in total. The lowest BCUT2D eigenvalue weighted by molar-refractivity contribution is -0.637. The summed E-state index contributed by atoms with van der Waals surface area (Å²) in [5.41, 5.74) is -1.60. The minimum Gasteiger partial charge on any atom is -0.243 e. The minimum atomic E-state index is -0.798. The Hall–Kier alpha value is -0.140. The molecule has 0 aromatic carbocycles. The quantitative estimate of drug-likeness (QED) is 0.473. The van der Waals surface area contributed by atoms with E-state index in [9.17, 15) is 8.78 Å². The van der Waals surface area contributed by atoms with Crippen molar-refractivity contribution in [3.63, 3.8) is 0 Å². The van der Waals surface area contributed by atoms with Gasteiger partial charge in [0.05, 0.1) is 0 Å². The maximum Gasteiger partial charge on any atom is 0.121 e. The molecular weight excluding hydrogens is 134 g/mol. The van der Waals surface area contributed by atoms with Gasteiger partial charge in [0.25, 0.3) is 0 Å². The molecule has 2 heteroatoms. The topological polar surface area (TPSA) is 0 Å². The van der Waals surface area contributed by atoms with Gasteiger partial charge in [-0.15, -0.1) is 0 Å². The van der Waals surface area contributed by atoms with E-state index in [2.05, 4.69) is 0 Å². The van der Waals surface area contributed by atoms with Crippen LogP contribution in [-0.4, -0.2) is 11.3 Å². The van der Waals surface area contributed by atoms with Crippen LogP contribution in [0, 0.1) is 35.5 Å². The predicted octanol–water partition coefficient (Wildman–Crippen LogP) is 1.17. The smallest absolute Gasteiger partial charge is 0.121 e. The van der Waals surface area contributed by atoms with Gasteiger partial charge in [-0.3, -0.25) is 0 Å². The fourth-order valence-corrected chi connectivity index (χ4v) is 5.26. The SMILES string of the molecule is FC12C3C4C1C1C2C3C41F. The summed E-state index contributed by atoms with van der Waals surface area (Å²) in [6, 6.07) is 0. The van der Waals surface area contributed by atoms with Crippen LogP contribution in [0.25, 0.3) is 0 Å². The number of halogens is 2. The standard InChI is InChI=1S/C8H6F2/c9-7-1-2-4(7)6-5(7)3(1)8(2,6)10/h1-6H. The molecule has 0 aromatic heterocycles. The first-order valence-electron chi connectivity index (χ1n) is 4.11. The van der Waals surface area contributed by atoms with Crippen LogP contribution in [0.3, 0.4) is 0 Å². The van der Waals surface area contributed by atoms with E-state index in [1.165, 1.54) is 0 Å². The van der Waals surface area contributed by atoms with Crippen molar-refractivity contribution in [3.8, 4) is 0 Å². The third kappa shape index (κ3) is 0.103. The Labute approximate surface area is 56.6 Å². The van der Waals surface area contributed by atoms with Crippen molar-refractivity contribution < 1.29 is 8.78 Å². The highest BCUT2D eigenvalue weighted by atomic mass is 19.2. The van der Waals surface area contributed by atoms with Crippen LogP contribution in [-0.2, 0) is 0 Å². The predicted molar refractivity (Wildman–Crippen MR) is 28.6 cm³/mol. The zero-order valence-corrected chi connectivity index (χ0v) is 5.22. The van der Waals surface area contributed by atoms with E-state index in [4.69, 9.17) is 0 Å². The molecule has 0 aromatic rings. The molecule has 0 aliphatic heterocycles. The van der Waals surface area contributed by atoms with Crippen LogP contribution in [0.5, 0.6) is 0 Å². The molecule has 6 aliphatic rings. The van der Waals surface area contributed by atoms with Crippen molar-refractivity contribution in [2.75, 3.05) is 0 Å². The van der Waals surface area contributed by atoms with Crippen LogP contribution < -0.4 is 0 Å². The number of rotatable bonds is 0. The lowest BCUT2D eigenvalue weighted by Crippen LogP contribution is -3.13. The first-order chi connectivity index (χ1) is 4.73. The second-order valence-corrected chi connectivity index (χ2v) is 4.81. The Kier molecular flexibility index (Phi) is 0.247. The molecule has 52 valence electrons. The van der Waals surface area contributed by atoms with E-state index >= 15 is 0 Å². The van der Waals surface area contributed by atoms with Crippen molar-refractivity contribution >= 4 is 0 Å². The molecule has 0 saturated heterocycles. The molecule has 0 unspecified atom stereocenters. The number of alkyl halides is 2. The lowest BCUT2D eigenvalue weighted by Gasteiger charge is -3.05. The summed E-state index contributed by atoms with van der Waals surface area (Å²) in [5.74, 6) is 1.24. The summed E-state index contributed by atoms with van der Waals surface area (Å²) < 4.78 is 26.9. The molecule has 0 atom stereocenters. The zero-order valence-electron chi connectivity index (χ0n) is 5.22. The molecule has 10 heavy (non-hydrogen) atoms. The fourth-order valence-electron chi connectivity index (χ4n) is 5.26. The van der Waals surface area contributed by atoms with Gasteiger partial charge < -0.3 is 0 Å². The lowest BCUT2D eigenvalue weighted by atomic mass is 8.99. The van der Waals surface area contributed by atoms with E-state index in [1.807, 2.05) is 0 Å². The second kappa shape index (κ2) is 0.614. The number of hydrogen-bond donors (Lipinski definition) is 0. The van der Waals surface area contributed by atoms with E-state index in [-0.39, 0.29) is 35.5 Å². The Bertz CT molecular complexity index is 212. The van der Waals surface area contributed by atoms with Crippen molar-refractivity contribution in [2.24, 2.45) is 35.5 Å². The van der Waals surface area contributed by atoms with Crippen LogP contribution >= 0.6 is 0 Å². The van der Waals surface area contributed by atoms with Crippen LogP contribution in [0.4, 0.5) is 8.78 Å². The average Bonchev–Trinajstić information content (AvgIpc) is 1.99. The molecule has 0 radical (unpaired) electrons. The summed E-state index contributed by atoms with van der Waals surface area (Å²) in [6.07, 6.45) is 0. The highest BCUT2D eigenvalue weighted by molar-refractivity contribution is 5.58. The molecular formula is C8H6F2. The van der Waals surface area contributed by atoms with Gasteiger partial charge in [-0.1, -0.05) is 0 Å². The van der Waals surface area contributed by atoms with Crippen molar-refractivity contribution in [1.29, 1.82) is 0 Å². The third-order valence-corrected chi connectivity index (χ3v) is 5.39. The Morgan fingerprint density at radius 1 is 0.600 bits per heavy atom. The van der Waals surface area contributed by atoms with E-state index in [0.29, 0.717) is 0 Å². The van der Waals surface area contributed by atoms with Gasteiger partial charge in [0.1, 0.15) is 11.3 Å². The molecule has 0 spiro atoms. The van der Waals surface area contributed by atoms with Crippen molar-refractivity contribution in [3.05, 3.63) is 0 Å². The summed E-state index contributed by atoms with van der Waals surface area (Å²) in [5, 5.41) is 0. The fraction of sp³-hybridized carbons (Fsp3) is 1.00. The maximum atomic E-state index is 13.4. The van der Waals surface area contributed by atoms with Gasteiger partial charge in [0, 0.05) is 35.5 Å². The number of hydrogen-bond acceptors (Lipinski definition) is 0. The highest BCUT2D eigenvalue weighted by Crippen LogP contribution is 3.05. The maximum absolute atomic E-state index is 13.4. The Morgan fingerprint density at radius 3 is 1.00 bits per heavy atom. The first kappa shape index (κ1) is 4.03. The van der Waals surface area contributed by atoms with Gasteiger partial charge in [-0.05, 0) is 0 Å². The van der Waals surface area contributed by atoms with Crippen molar-refractivity contribution in [1.82, 2.24) is 0 Å². The summed E-state index contributed by atoms with van der Waals surface area (Å²) in [4.78, 5) is 0. The first-order valence-corrected chi connectivity index (χ1v) is 4.11. The van der Waals surface area contributed by atoms with E-state index < -0.39 is 11.3 Å². The summed E-state index contributed by atoms with van der Waals surface area (Å²) in [7, 11) is 0.